The second-order valence-electron chi connectivity index (χ2n) is 4.94. The molecule has 0 aliphatic carbocycles. The molecule has 2 rings (SSSR count). The molecule has 0 atom stereocenters. The van der Waals surface area contributed by atoms with Crippen LogP contribution in [0.5, 0.6) is 0 Å². The third-order valence-corrected chi connectivity index (χ3v) is 3.41. The molecule has 21 heavy (non-hydrogen) atoms. The molecule has 0 saturated heterocycles. The van der Waals surface area contributed by atoms with Crippen molar-refractivity contribution in [3.63, 3.8) is 0 Å². The average molecular weight is 283 g/mol. The molecule has 0 fully saturated rings. The minimum Gasteiger partial charge on any atom is -0.399 e. The summed E-state index contributed by atoms with van der Waals surface area (Å²) in [5, 5.41) is 2.68. The van der Waals surface area contributed by atoms with Crippen LogP contribution in [0.2, 0.25) is 0 Å². The molecular formula is C17H21N3O. The summed E-state index contributed by atoms with van der Waals surface area (Å²) < 4.78 is 0. The van der Waals surface area contributed by atoms with Crippen molar-refractivity contribution in [3.8, 4) is 0 Å². The quantitative estimate of drug-likeness (QED) is 0.848. The molecule has 0 bridgehead atoms. The lowest BCUT2D eigenvalue weighted by molar-refractivity contribution is 0.0963. The lowest BCUT2D eigenvalue weighted by Gasteiger charge is -2.26. The number of nitrogens with one attached hydrogen (secondary N) is 1. The average Bonchev–Trinajstić information content (AvgIpc) is 2.47. The fourth-order valence-electron chi connectivity index (χ4n) is 2.39. The van der Waals surface area contributed by atoms with Gasteiger partial charge in [0.25, 0.3) is 5.91 Å². The molecule has 0 saturated carbocycles. The number of nitrogen functional groups attached to an aromatic ring is 1. The van der Waals surface area contributed by atoms with Crippen molar-refractivity contribution in [2.24, 2.45) is 0 Å². The molecule has 110 valence electrons. The van der Waals surface area contributed by atoms with Crippen LogP contribution in [0.25, 0.3) is 0 Å². The highest BCUT2D eigenvalue weighted by Crippen LogP contribution is 2.30. The summed E-state index contributed by atoms with van der Waals surface area (Å²) in [6.07, 6.45) is 0. The number of aryl methyl sites for hydroxylation is 1. The van der Waals surface area contributed by atoms with Crippen LogP contribution >= 0.6 is 0 Å². The molecule has 2 aromatic rings. The van der Waals surface area contributed by atoms with Crippen LogP contribution in [-0.4, -0.2) is 19.5 Å². The first-order valence-corrected chi connectivity index (χ1v) is 7.02. The summed E-state index contributed by atoms with van der Waals surface area (Å²) in [6, 6.07) is 13.6. The van der Waals surface area contributed by atoms with Gasteiger partial charge in [-0.05, 0) is 49.7 Å². The molecule has 0 aliphatic rings. The van der Waals surface area contributed by atoms with E-state index in [0.717, 1.165) is 17.9 Å². The maximum Gasteiger partial charge on any atom is 0.253 e. The van der Waals surface area contributed by atoms with Gasteiger partial charge in [0.2, 0.25) is 0 Å². The SMILES string of the molecule is CCN(c1cccc(C)c1)c1cc(N)ccc1C(=O)NC. The van der Waals surface area contributed by atoms with E-state index in [1.54, 1.807) is 19.2 Å². The van der Waals surface area contributed by atoms with Gasteiger partial charge in [0, 0.05) is 25.0 Å². The number of benzene rings is 2. The molecule has 1 amide bonds. The maximum atomic E-state index is 12.1. The summed E-state index contributed by atoms with van der Waals surface area (Å²) in [5.41, 5.74) is 10.2. The van der Waals surface area contributed by atoms with E-state index in [4.69, 9.17) is 5.73 Å². The zero-order valence-electron chi connectivity index (χ0n) is 12.7. The van der Waals surface area contributed by atoms with Gasteiger partial charge < -0.3 is 16.0 Å². The highest BCUT2D eigenvalue weighted by Gasteiger charge is 2.16. The van der Waals surface area contributed by atoms with Crippen molar-refractivity contribution in [2.45, 2.75) is 13.8 Å². The van der Waals surface area contributed by atoms with Gasteiger partial charge in [-0.1, -0.05) is 12.1 Å². The monoisotopic (exact) mass is 283 g/mol. The number of hydrogen-bond donors (Lipinski definition) is 2. The van der Waals surface area contributed by atoms with Gasteiger partial charge in [-0.2, -0.15) is 0 Å². The van der Waals surface area contributed by atoms with Crippen molar-refractivity contribution >= 4 is 23.0 Å². The van der Waals surface area contributed by atoms with Crippen LogP contribution in [-0.2, 0) is 0 Å². The highest BCUT2D eigenvalue weighted by molar-refractivity contribution is 6.01. The summed E-state index contributed by atoms with van der Waals surface area (Å²) in [7, 11) is 1.63. The van der Waals surface area contributed by atoms with Gasteiger partial charge in [0.15, 0.2) is 0 Å². The predicted molar refractivity (Wildman–Crippen MR) is 88.1 cm³/mol. The molecule has 0 heterocycles. The van der Waals surface area contributed by atoms with Crippen molar-refractivity contribution in [3.05, 3.63) is 53.6 Å². The van der Waals surface area contributed by atoms with Gasteiger partial charge in [0.1, 0.15) is 0 Å². The zero-order chi connectivity index (χ0) is 15.4. The van der Waals surface area contributed by atoms with E-state index in [-0.39, 0.29) is 5.91 Å². The molecule has 4 nitrogen and oxygen atoms in total. The minimum absolute atomic E-state index is 0.115. The Kier molecular flexibility index (Phi) is 4.48. The zero-order valence-corrected chi connectivity index (χ0v) is 12.7. The molecule has 4 heteroatoms. The Hall–Kier alpha value is -2.49. The number of anilines is 3. The third kappa shape index (κ3) is 3.16. The molecule has 0 radical (unpaired) electrons. The fourth-order valence-corrected chi connectivity index (χ4v) is 2.39. The second-order valence-corrected chi connectivity index (χ2v) is 4.94. The highest BCUT2D eigenvalue weighted by atomic mass is 16.1. The number of nitrogens with zero attached hydrogens (tertiary/aromatic N) is 1. The van der Waals surface area contributed by atoms with Crippen LogP contribution in [0.15, 0.2) is 42.5 Å². The van der Waals surface area contributed by atoms with Gasteiger partial charge in [0.05, 0.1) is 11.3 Å². The van der Waals surface area contributed by atoms with E-state index in [1.807, 2.05) is 18.2 Å². The fraction of sp³-hybridized carbons (Fsp3) is 0.235. The summed E-state index contributed by atoms with van der Waals surface area (Å²) in [6.45, 7) is 4.85. The maximum absolute atomic E-state index is 12.1. The number of hydrogen-bond acceptors (Lipinski definition) is 3. The first-order chi connectivity index (χ1) is 10.1. The Morgan fingerprint density at radius 3 is 2.62 bits per heavy atom. The molecule has 0 unspecified atom stereocenters. The largest absolute Gasteiger partial charge is 0.399 e. The molecule has 2 aromatic carbocycles. The van der Waals surface area contributed by atoms with Crippen molar-refractivity contribution in [1.82, 2.24) is 5.32 Å². The standard InChI is InChI=1S/C17H21N3O/c1-4-20(14-7-5-6-12(2)10-14)16-11-13(18)8-9-15(16)17(21)19-3/h5-11H,4,18H2,1-3H3,(H,19,21). The van der Waals surface area contributed by atoms with Gasteiger partial charge in [-0.3, -0.25) is 4.79 Å². The van der Waals surface area contributed by atoms with E-state index in [1.165, 1.54) is 5.56 Å². The van der Waals surface area contributed by atoms with Crippen molar-refractivity contribution in [2.75, 3.05) is 24.2 Å². The van der Waals surface area contributed by atoms with Crippen LogP contribution in [0.1, 0.15) is 22.8 Å². The first-order valence-electron chi connectivity index (χ1n) is 7.02. The Balaban J connectivity index is 2.56. The summed E-state index contributed by atoms with van der Waals surface area (Å²) in [5.74, 6) is -0.115. The molecule has 0 aliphatic heterocycles. The van der Waals surface area contributed by atoms with E-state index < -0.39 is 0 Å². The second kappa shape index (κ2) is 6.31. The Morgan fingerprint density at radius 2 is 2.00 bits per heavy atom. The van der Waals surface area contributed by atoms with Crippen LogP contribution in [0.4, 0.5) is 17.1 Å². The van der Waals surface area contributed by atoms with E-state index in [2.05, 4.69) is 36.2 Å². The number of carbonyl (C=O) groups is 1. The lowest BCUT2D eigenvalue weighted by atomic mass is 10.1. The normalized spacial score (nSPS) is 10.2. The Bertz CT molecular complexity index is 652. The summed E-state index contributed by atoms with van der Waals surface area (Å²) >= 11 is 0. The van der Waals surface area contributed by atoms with E-state index in [0.29, 0.717) is 11.3 Å². The van der Waals surface area contributed by atoms with Gasteiger partial charge >= 0.3 is 0 Å². The Morgan fingerprint density at radius 1 is 1.24 bits per heavy atom. The minimum atomic E-state index is -0.115. The van der Waals surface area contributed by atoms with Crippen LogP contribution in [0.3, 0.4) is 0 Å². The van der Waals surface area contributed by atoms with E-state index in [9.17, 15) is 4.79 Å². The topological polar surface area (TPSA) is 58.4 Å². The molecule has 0 aromatic heterocycles. The number of nitrogens with two attached hydrogens (primary N) is 1. The smallest absolute Gasteiger partial charge is 0.253 e. The predicted octanol–water partition coefficient (Wildman–Crippen LogP) is 3.09. The van der Waals surface area contributed by atoms with Gasteiger partial charge in [-0.25, -0.2) is 0 Å². The van der Waals surface area contributed by atoms with Crippen molar-refractivity contribution < 1.29 is 4.79 Å². The van der Waals surface area contributed by atoms with Crippen LogP contribution < -0.4 is 16.0 Å². The number of carbonyl (C=O) groups excluding carboxylic acids is 1. The molecule has 0 spiro atoms. The summed E-state index contributed by atoms with van der Waals surface area (Å²) in [4.78, 5) is 14.2. The molecule has 3 N–H and O–H groups in total. The van der Waals surface area contributed by atoms with E-state index >= 15 is 0 Å². The first kappa shape index (κ1) is 14.9. The number of amides is 1. The Labute approximate surface area is 125 Å². The lowest BCUT2D eigenvalue weighted by Crippen LogP contribution is -2.24. The molecular weight excluding hydrogens is 262 g/mol. The van der Waals surface area contributed by atoms with Crippen LogP contribution in [0, 0.1) is 6.92 Å². The third-order valence-electron chi connectivity index (χ3n) is 3.41. The van der Waals surface area contributed by atoms with Gasteiger partial charge in [-0.15, -0.1) is 0 Å². The number of rotatable bonds is 4. The van der Waals surface area contributed by atoms with Crippen molar-refractivity contribution in [1.29, 1.82) is 0 Å².